The molecule has 0 bridgehead atoms. The molecule has 4 heteroatoms. The molecule has 0 unspecified atom stereocenters. The highest BCUT2D eigenvalue weighted by molar-refractivity contribution is 6.42. The van der Waals surface area contributed by atoms with Crippen molar-refractivity contribution >= 4 is 34.6 Å². The molecule has 13 heavy (non-hydrogen) atoms. The molecular formula is C9H10Cl2N2. The van der Waals surface area contributed by atoms with Gasteiger partial charge in [-0.05, 0) is 12.1 Å². The minimum absolute atomic E-state index is 0.613. The van der Waals surface area contributed by atoms with E-state index < -0.39 is 0 Å². The van der Waals surface area contributed by atoms with E-state index in [9.17, 15) is 0 Å². The first-order valence-corrected chi connectivity index (χ1v) is 4.76. The van der Waals surface area contributed by atoms with Crippen LogP contribution in [0.15, 0.2) is 12.1 Å². The first-order valence-electron chi connectivity index (χ1n) is 4.01. The Labute approximate surface area is 87.6 Å². The number of fused-ring (bicyclic) bond motifs is 1. The summed E-state index contributed by atoms with van der Waals surface area (Å²) in [6.07, 6.45) is 0. The third-order valence-corrected chi connectivity index (χ3v) is 2.99. The van der Waals surface area contributed by atoms with Crippen molar-refractivity contribution < 1.29 is 0 Å². The maximum Gasteiger partial charge on any atom is 0.0898 e. The summed E-state index contributed by atoms with van der Waals surface area (Å²) in [5.74, 6) is 0. The van der Waals surface area contributed by atoms with Crippen molar-refractivity contribution in [2.24, 2.45) is 0 Å². The molecule has 1 heterocycles. The quantitative estimate of drug-likeness (QED) is 0.659. The van der Waals surface area contributed by atoms with Gasteiger partial charge in [-0.1, -0.05) is 23.2 Å². The lowest BCUT2D eigenvalue weighted by Crippen LogP contribution is -2.23. The molecule has 2 nitrogen and oxygen atoms in total. The highest BCUT2D eigenvalue weighted by Crippen LogP contribution is 2.39. The Morgan fingerprint density at radius 3 is 1.77 bits per heavy atom. The number of hydrogen-bond donors (Lipinski definition) is 0. The van der Waals surface area contributed by atoms with E-state index in [0.29, 0.717) is 10.0 Å². The molecule has 0 aromatic heterocycles. The molecule has 0 fully saturated rings. The number of benzene rings is 1. The summed E-state index contributed by atoms with van der Waals surface area (Å²) in [5.41, 5.74) is 2.27. The molecule has 0 atom stereocenters. The second-order valence-electron chi connectivity index (χ2n) is 3.29. The van der Waals surface area contributed by atoms with Crippen LogP contribution < -0.4 is 9.80 Å². The summed E-state index contributed by atoms with van der Waals surface area (Å²) in [7, 11) is 4.07. The Balaban J connectivity index is 2.58. The first-order chi connectivity index (χ1) is 6.09. The zero-order valence-corrected chi connectivity index (χ0v) is 9.02. The van der Waals surface area contributed by atoms with E-state index >= 15 is 0 Å². The van der Waals surface area contributed by atoms with Gasteiger partial charge in [-0.2, -0.15) is 0 Å². The normalized spacial score (nSPS) is 15.1. The van der Waals surface area contributed by atoms with Crippen molar-refractivity contribution in [3.63, 3.8) is 0 Å². The van der Waals surface area contributed by atoms with Crippen molar-refractivity contribution in [3.8, 4) is 0 Å². The molecule has 1 aliphatic rings. The summed E-state index contributed by atoms with van der Waals surface area (Å²) in [6.45, 7) is 0.881. The molecule has 0 N–H and O–H groups in total. The fourth-order valence-electron chi connectivity index (χ4n) is 1.61. The second-order valence-corrected chi connectivity index (χ2v) is 4.11. The van der Waals surface area contributed by atoms with Gasteiger partial charge in [0.2, 0.25) is 0 Å². The van der Waals surface area contributed by atoms with E-state index in [1.54, 1.807) is 0 Å². The van der Waals surface area contributed by atoms with Crippen molar-refractivity contribution in [2.45, 2.75) is 0 Å². The lowest BCUT2D eigenvalue weighted by molar-refractivity contribution is 0.916. The zero-order chi connectivity index (χ0) is 9.59. The number of anilines is 2. The highest BCUT2D eigenvalue weighted by Gasteiger charge is 2.21. The Bertz CT molecular complexity index is 319. The fourth-order valence-corrected chi connectivity index (χ4v) is 1.92. The van der Waals surface area contributed by atoms with Crippen LogP contribution in [-0.2, 0) is 0 Å². The smallest absolute Gasteiger partial charge is 0.0898 e. The van der Waals surface area contributed by atoms with Gasteiger partial charge in [-0.15, -0.1) is 0 Å². The molecule has 0 amide bonds. The molecular weight excluding hydrogens is 207 g/mol. The van der Waals surface area contributed by atoms with Gasteiger partial charge < -0.3 is 9.80 Å². The van der Waals surface area contributed by atoms with Crippen LogP contribution in [0.25, 0.3) is 0 Å². The molecule has 0 radical (unpaired) electrons. The van der Waals surface area contributed by atoms with E-state index in [2.05, 4.69) is 9.80 Å². The van der Waals surface area contributed by atoms with Gasteiger partial charge in [-0.25, -0.2) is 0 Å². The molecule has 1 aromatic carbocycles. The maximum absolute atomic E-state index is 5.93. The fraction of sp³-hybridized carbons (Fsp3) is 0.333. The monoisotopic (exact) mass is 216 g/mol. The van der Waals surface area contributed by atoms with Gasteiger partial charge in [0.15, 0.2) is 0 Å². The van der Waals surface area contributed by atoms with Crippen molar-refractivity contribution in [1.82, 2.24) is 0 Å². The molecule has 0 aliphatic carbocycles. The van der Waals surface area contributed by atoms with Gasteiger partial charge in [0.1, 0.15) is 0 Å². The van der Waals surface area contributed by atoms with E-state index in [1.807, 2.05) is 26.2 Å². The van der Waals surface area contributed by atoms with E-state index in [1.165, 1.54) is 0 Å². The zero-order valence-electron chi connectivity index (χ0n) is 7.51. The summed E-state index contributed by atoms with van der Waals surface area (Å²) >= 11 is 11.9. The van der Waals surface area contributed by atoms with Gasteiger partial charge in [0.25, 0.3) is 0 Å². The Hall–Kier alpha value is -0.600. The molecule has 0 saturated carbocycles. The van der Waals surface area contributed by atoms with Crippen molar-refractivity contribution in [3.05, 3.63) is 22.2 Å². The van der Waals surface area contributed by atoms with E-state index in [4.69, 9.17) is 23.2 Å². The van der Waals surface area contributed by atoms with Gasteiger partial charge >= 0.3 is 0 Å². The van der Waals surface area contributed by atoms with Crippen LogP contribution >= 0.6 is 23.2 Å². The molecule has 1 aromatic rings. The number of hydrogen-bond acceptors (Lipinski definition) is 2. The van der Waals surface area contributed by atoms with Gasteiger partial charge in [-0.3, -0.25) is 0 Å². The largest absolute Gasteiger partial charge is 0.355 e. The van der Waals surface area contributed by atoms with Crippen LogP contribution in [0.1, 0.15) is 0 Å². The van der Waals surface area contributed by atoms with Crippen LogP contribution in [0.3, 0.4) is 0 Å². The topological polar surface area (TPSA) is 6.48 Å². The first kappa shape index (κ1) is 8.97. The third kappa shape index (κ3) is 1.34. The molecule has 0 saturated heterocycles. The predicted octanol–water partition coefficient (Wildman–Crippen LogP) is 2.84. The standard InChI is InChI=1S/C9H10Cl2N2/c1-12-5-13(2)9-4-7(11)6(10)3-8(9)12/h3-4H,5H2,1-2H3. The average molecular weight is 217 g/mol. The number of halogens is 2. The van der Waals surface area contributed by atoms with E-state index in [0.717, 1.165) is 18.0 Å². The maximum atomic E-state index is 5.93. The minimum atomic E-state index is 0.613. The van der Waals surface area contributed by atoms with Crippen LogP contribution in [0.2, 0.25) is 10.0 Å². The van der Waals surface area contributed by atoms with Crippen LogP contribution in [-0.4, -0.2) is 20.8 Å². The van der Waals surface area contributed by atoms with Crippen molar-refractivity contribution in [1.29, 1.82) is 0 Å². The predicted molar refractivity (Wildman–Crippen MR) is 58.1 cm³/mol. The Kier molecular flexibility index (Phi) is 2.05. The van der Waals surface area contributed by atoms with Crippen LogP contribution in [0, 0.1) is 0 Å². The summed E-state index contributed by atoms with van der Waals surface area (Å²) in [5, 5.41) is 1.23. The Morgan fingerprint density at radius 1 is 1.00 bits per heavy atom. The summed E-state index contributed by atoms with van der Waals surface area (Å²) in [4.78, 5) is 4.27. The molecule has 0 spiro atoms. The molecule has 2 rings (SSSR count). The lowest BCUT2D eigenvalue weighted by Gasteiger charge is -2.11. The average Bonchev–Trinajstić information content (AvgIpc) is 2.31. The molecule has 70 valence electrons. The minimum Gasteiger partial charge on any atom is -0.355 e. The highest BCUT2D eigenvalue weighted by atomic mass is 35.5. The second kappa shape index (κ2) is 2.96. The van der Waals surface area contributed by atoms with Gasteiger partial charge in [0, 0.05) is 14.1 Å². The van der Waals surface area contributed by atoms with E-state index in [-0.39, 0.29) is 0 Å². The van der Waals surface area contributed by atoms with Crippen LogP contribution in [0.5, 0.6) is 0 Å². The van der Waals surface area contributed by atoms with Crippen LogP contribution in [0.4, 0.5) is 11.4 Å². The number of nitrogens with zero attached hydrogens (tertiary/aromatic N) is 2. The summed E-state index contributed by atoms with van der Waals surface area (Å²) < 4.78 is 0. The van der Waals surface area contributed by atoms with Crippen molar-refractivity contribution in [2.75, 3.05) is 30.6 Å². The van der Waals surface area contributed by atoms with Gasteiger partial charge in [0.05, 0.1) is 28.1 Å². The molecule has 1 aliphatic heterocycles. The SMILES string of the molecule is CN1CN(C)c2cc(Cl)c(Cl)cc21. The number of rotatable bonds is 0. The third-order valence-electron chi connectivity index (χ3n) is 2.26. The Morgan fingerprint density at radius 2 is 1.38 bits per heavy atom. The lowest BCUT2D eigenvalue weighted by atomic mass is 10.2. The summed E-state index contributed by atoms with van der Waals surface area (Å²) in [6, 6.07) is 3.81.